The molecule has 0 N–H and O–H groups in total. The summed E-state index contributed by atoms with van der Waals surface area (Å²) in [6.45, 7) is 3.58. The minimum atomic E-state index is -0.381. The highest BCUT2D eigenvalue weighted by Crippen LogP contribution is 2.19. The van der Waals surface area contributed by atoms with Crippen molar-refractivity contribution in [3.05, 3.63) is 57.7 Å². The highest BCUT2D eigenvalue weighted by atomic mass is 35.5. The molecule has 2 aromatic heterocycles. The molecule has 0 aliphatic carbocycles. The quantitative estimate of drug-likeness (QED) is 0.705. The fourth-order valence-electron chi connectivity index (χ4n) is 3.15. The molecule has 0 saturated carbocycles. The van der Waals surface area contributed by atoms with Crippen molar-refractivity contribution in [3.8, 4) is 6.07 Å². The summed E-state index contributed by atoms with van der Waals surface area (Å²) >= 11 is 5.95. The molecule has 0 amide bonds. The molecule has 0 radical (unpaired) electrons. The van der Waals surface area contributed by atoms with Crippen LogP contribution in [0.25, 0.3) is 11.1 Å². The van der Waals surface area contributed by atoms with E-state index in [1.165, 1.54) is 0 Å². The van der Waals surface area contributed by atoms with E-state index in [-0.39, 0.29) is 5.76 Å². The average molecular weight is 370 g/mol. The standard InChI is InChI=1S/C18H16ClN5O2/c19-14-1-2-15-16(10-14)26-18(25)24(15)12-22-5-7-23(8-6-22)17-9-13(11-20)3-4-21-17/h1-4,9-10H,5-8,12H2. The van der Waals surface area contributed by atoms with Gasteiger partial charge in [0.25, 0.3) is 0 Å². The fraction of sp³-hybridized carbons (Fsp3) is 0.278. The number of hydrogen-bond acceptors (Lipinski definition) is 6. The molecule has 8 heteroatoms. The summed E-state index contributed by atoms with van der Waals surface area (Å²) in [6, 6.07) is 10.8. The number of rotatable bonds is 3. The van der Waals surface area contributed by atoms with Crippen LogP contribution < -0.4 is 10.7 Å². The molecule has 7 nitrogen and oxygen atoms in total. The Kier molecular flexibility index (Phi) is 4.37. The molecule has 3 heterocycles. The lowest BCUT2D eigenvalue weighted by atomic mass is 10.2. The first kappa shape index (κ1) is 16.6. The largest absolute Gasteiger partial charge is 0.421 e. The van der Waals surface area contributed by atoms with Crippen molar-refractivity contribution in [2.24, 2.45) is 0 Å². The predicted molar refractivity (Wildman–Crippen MR) is 98.2 cm³/mol. The molecule has 0 spiro atoms. The molecule has 1 aliphatic heterocycles. The van der Waals surface area contributed by atoms with Crippen molar-refractivity contribution < 1.29 is 4.42 Å². The van der Waals surface area contributed by atoms with Gasteiger partial charge in [-0.05, 0) is 24.3 Å². The number of pyridine rings is 1. The lowest BCUT2D eigenvalue weighted by Crippen LogP contribution is -2.47. The number of halogens is 1. The number of nitrogens with zero attached hydrogens (tertiary/aromatic N) is 5. The van der Waals surface area contributed by atoms with E-state index in [4.69, 9.17) is 21.3 Å². The summed E-state index contributed by atoms with van der Waals surface area (Å²) in [6.07, 6.45) is 1.66. The van der Waals surface area contributed by atoms with Crippen LogP contribution >= 0.6 is 11.6 Å². The number of anilines is 1. The van der Waals surface area contributed by atoms with Crippen LogP contribution in [0.1, 0.15) is 5.56 Å². The minimum Gasteiger partial charge on any atom is -0.408 e. The number of piperazine rings is 1. The van der Waals surface area contributed by atoms with Crippen LogP contribution in [0.3, 0.4) is 0 Å². The van der Waals surface area contributed by atoms with Gasteiger partial charge in [-0.2, -0.15) is 5.26 Å². The maximum atomic E-state index is 12.2. The zero-order valence-electron chi connectivity index (χ0n) is 13.9. The molecule has 26 heavy (non-hydrogen) atoms. The highest BCUT2D eigenvalue weighted by Gasteiger charge is 2.20. The van der Waals surface area contributed by atoms with E-state index < -0.39 is 0 Å². The molecule has 1 aromatic carbocycles. The zero-order valence-corrected chi connectivity index (χ0v) is 14.7. The molecular formula is C18H16ClN5O2. The van der Waals surface area contributed by atoms with Crippen LogP contribution in [-0.2, 0) is 6.67 Å². The van der Waals surface area contributed by atoms with Crippen LogP contribution in [0.2, 0.25) is 5.02 Å². The molecular weight excluding hydrogens is 354 g/mol. The van der Waals surface area contributed by atoms with E-state index >= 15 is 0 Å². The van der Waals surface area contributed by atoms with Gasteiger partial charge in [-0.1, -0.05) is 11.6 Å². The van der Waals surface area contributed by atoms with Crippen molar-refractivity contribution in [3.63, 3.8) is 0 Å². The summed E-state index contributed by atoms with van der Waals surface area (Å²) in [7, 11) is 0. The van der Waals surface area contributed by atoms with Gasteiger partial charge in [0.15, 0.2) is 5.58 Å². The maximum absolute atomic E-state index is 12.2. The second kappa shape index (κ2) is 6.83. The Labute approximate surface area is 154 Å². The molecule has 4 rings (SSSR count). The maximum Gasteiger partial charge on any atom is 0.421 e. The normalized spacial score (nSPS) is 15.3. The van der Waals surface area contributed by atoms with Crippen molar-refractivity contribution in [2.45, 2.75) is 6.67 Å². The van der Waals surface area contributed by atoms with E-state index in [0.717, 1.165) is 37.5 Å². The fourth-order valence-corrected chi connectivity index (χ4v) is 3.32. The Hall–Kier alpha value is -2.82. The summed E-state index contributed by atoms with van der Waals surface area (Å²) in [5.41, 5.74) is 1.84. The topological polar surface area (TPSA) is 78.3 Å². The van der Waals surface area contributed by atoms with Gasteiger partial charge in [0.05, 0.1) is 23.8 Å². The summed E-state index contributed by atoms with van der Waals surface area (Å²) in [4.78, 5) is 20.8. The molecule has 132 valence electrons. The van der Waals surface area contributed by atoms with Gasteiger partial charge < -0.3 is 9.32 Å². The second-order valence-electron chi connectivity index (χ2n) is 6.17. The third kappa shape index (κ3) is 3.17. The van der Waals surface area contributed by atoms with Gasteiger partial charge in [0.2, 0.25) is 0 Å². The number of benzene rings is 1. The van der Waals surface area contributed by atoms with Gasteiger partial charge in [0, 0.05) is 43.5 Å². The van der Waals surface area contributed by atoms with Crippen LogP contribution in [0, 0.1) is 11.3 Å². The monoisotopic (exact) mass is 369 g/mol. The molecule has 1 aliphatic rings. The number of hydrogen-bond donors (Lipinski definition) is 0. The van der Waals surface area contributed by atoms with Crippen LogP contribution in [0.4, 0.5) is 5.82 Å². The number of fused-ring (bicyclic) bond motifs is 1. The van der Waals surface area contributed by atoms with E-state index in [1.807, 2.05) is 0 Å². The second-order valence-corrected chi connectivity index (χ2v) is 6.61. The Morgan fingerprint density at radius 2 is 2.00 bits per heavy atom. The van der Waals surface area contributed by atoms with Gasteiger partial charge in [-0.25, -0.2) is 9.78 Å². The third-order valence-electron chi connectivity index (χ3n) is 4.54. The van der Waals surface area contributed by atoms with Gasteiger partial charge in [0.1, 0.15) is 5.82 Å². The molecule has 0 unspecified atom stereocenters. The van der Waals surface area contributed by atoms with Crippen molar-refractivity contribution in [2.75, 3.05) is 31.1 Å². The van der Waals surface area contributed by atoms with Crippen LogP contribution in [0.15, 0.2) is 45.7 Å². The molecule has 1 fully saturated rings. The van der Waals surface area contributed by atoms with Crippen LogP contribution in [0.5, 0.6) is 0 Å². The third-order valence-corrected chi connectivity index (χ3v) is 4.78. The Morgan fingerprint density at radius 3 is 2.77 bits per heavy atom. The lowest BCUT2D eigenvalue weighted by molar-refractivity contribution is 0.201. The van der Waals surface area contributed by atoms with E-state index in [1.54, 1.807) is 41.1 Å². The lowest BCUT2D eigenvalue weighted by Gasteiger charge is -2.35. The van der Waals surface area contributed by atoms with Gasteiger partial charge in [-0.3, -0.25) is 9.47 Å². The molecule has 3 aromatic rings. The number of oxazole rings is 1. The minimum absolute atomic E-state index is 0.381. The van der Waals surface area contributed by atoms with Crippen molar-refractivity contribution in [1.82, 2.24) is 14.5 Å². The van der Waals surface area contributed by atoms with Crippen molar-refractivity contribution in [1.29, 1.82) is 5.26 Å². The number of aromatic nitrogens is 2. The van der Waals surface area contributed by atoms with E-state index in [0.29, 0.717) is 22.8 Å². The van der Waals surface area contributed by atoms with Gasteiger partial charge in [-0.15, -0.1) is 0 Å². The first-order valence-corrected chi connectivity index (χ1v) is 8.64. The summed E-state index contributed by atoms with van der Waals surface area (Å²) in [5.74, 6) is 0.428. The SMILES string of the molecule is N#Cc1ccnc(N2CCN(Cn3c(=O)oc4cc(Cl)ccc43)CC2)c1. The molecule has 0 bridgehead atoms. The average Bonchev–Trinajstić information content (AvgIpc) is 2.97. The summed E-state index contributed by atoms with van der Waals surface area (Å²) in [5, 5.41) is 9.56. The first-order valence-electron chi connectivity index (χ1n) is 8.26. The zero-order chi connectivity index (χ0) is 18.1. The smallest absolute Gasteiger partial charge is 0.408 e. The van der Waals surface area contributed by atoms with Crippen LogP contribution in [-0.4, -0.2) is 40.6 Å². The van der Waals surface area contributed by atoms with E-state index in [2.05, 4.69) is 20.9 Å². The Bertz CT molecular complexity index is 1040. The highest BCUT2D eigenvalue weighted by molar-refractivity contribution is 6.31. The van der Waals surface area contributed by atoms with Crippen molar-refractivity contribution >= 4 is 28.5 Å². The summed E-state index contributed by atoms with van der Waals surface area (Å²) < 4.78 is 6.90. The Balaban J connectivity index is 1.47. The van der Waals surface area contributed by atoms with Gasteiger partial charge >= 0.3 is 5.76 Å². The molecule has 0 atom stereocenters. The Morgan fingerprint density at radius 1 is 1.19 bits per heavy atom. The first-order chi connectivity index (χ1) is 12.6. The molecule has 1 saturated heterocycles. The number of nitriles is 1. The van der Waals surface area contributed by atoms with E-state index in [9.17, 15) is 4.79 Å². The predicted octanol–water partition coefficient (Wildman–Crippen LogP) is 2.29.